The van der Waals surface area contributed by atoms with Gasteiger partial charge in [-0.3, -0.25) is 4.79 Å². The van der Waals surface area contributed by atoms with E-state index in [1.165, 1.54) is 31.4 Å². The van der Waals surface area contributed by atoms with Gasteiger partial charge in [0.25, 0.3) is 0 Å². The van der Waals surface area contributed by atoms with Crippen molar-refractivity contribution in [3.05, 3.63) is 46.8 Å². The number of carbonyl (C=O) groups excluding carboxylic acids is 1. The van der Waals surface area contributed by atoms with Crippen LogP contribution < -0.4 is 15.4 Å². The highest BCUT2D eigenvalue weighted by Gasteiger charge is 2.51. The molecule has 5 atom stereocenters. The van der Waals surface area contributed by atoms with Gasteiger partial charge in [0.05, 0.1) is 41.4 Å². The number of methoxy groups -OCH3 is 1. The molecule has 1 fully saturated rings. The molecule has 1 aromatic rings. The summed E-state index contributed by atoms with van der Waals surface area (Å²) in [5.74, 6) is -3.90. The van der Waals surface area contributed by atoms with Gasteiger partial charge >= 0.3 is 5.97 Å². The highest BCUT2D eigenvalue weighted by atomic mass is 35.5. The first-order valence-corrected chi connectivity index (χ1v) is 11.4. The van der Waals surface area contributed by atoms with Crippen LogP contribution in [0.25, 0.3) is 0 Å². The number of ether oxygens (including phenoxy) is 1. The van der Waals surface area contributed by atoms with Crippen molar-refractivity contribution in [3.8, 4) is 11.8 Å². The number of hydrogen-bond donors (Lipinski definition) is 3. The summed E-state index contributed by atoms with van der Waals surface area (Å²) in [4.78, 5) is 24.7. The molecule has 0 radical (unpaired) electrons. The van der Waals surface area contributed by atoms with Crippen molar-refractivity contribution in [2.45, 2.75) is 45.7 Å². The fourth-order valence-electron chi connectivity index (χ4n) is 4.82. The SMILES string of the molecule is COc1cc(C(=O)O)ccc1NC(=O)[C@@H]1NC(CC(C)(C)C)C(C#N)C1C1CC=CC(Cl)=C1F. The van der Waals surface area contributed by atoms with Crippen molar-refractivity contribution in [2.75, 3.05) is 12.4 Å². The molecule has 1 saturated heterocycles. The number of benzene rings is 1. The summed E-state index contributed by atoms with van der Waals surface area (Å²) in [6.45, 7) is 6.13. The number of anilines is 1. The molecule has 34 heavy (non-hydrogen) atoms. The third-order valence-electron chi connectivity index (χ3n) is 6.27. The van der Waals surface area contributed by atoms with Crippen molar-refractivity contribution >= 4 is 29.2 Å². The number of hydrogen-bond acceptors (Lipinski definition) is 5. The summed E-state index contributed by atoms with van der Waals surface area (Å²) in [5.41, 5.74) is 0.164. The molecule has 0 saturated carbocycles. The second kappa shape index (κ2) is 10.2. The third kappa shape index (κ3) is 5.43. The maximum atomic E-state index is 15.1. The minimum Gasteiger partial charge on any atom is -0.495 e. The molecule has 3 N–H and O–H groups in total. The lowest BCUT2D eigenvalue weighted by Crippen LogP contribution is -2.44. The van der Waals surface area contributed by atoms with Gasteiger partial charge in [-0.15, -0.1) is 0 Å². The lowest BCUT2D eigenvalue weighted by Gasteiger charge is -2.30. The van der Waals surface area contributed by atoms with Gasteiger partial charge in [0.15, 0.2) is 0 Å². The minimum atomic E-state index is -1.12. The van der Waals surface area contributed by atoms with Crippen molar-refractivity contribution in [2.24, 2.45) is 23.2 Å². The Kier molecular flexibility index (Phi) is 7.69. The number of nitrogens with zero attached hydrogens (tertiary/aromatic N) is 1. The number of nitrogens with one attached hydrogen (secondary N) is 2. The molecule has 1 amide bonds. The van der Waals surface area contributed by atoms with Gasteiger partial charge < -0.3 is 20.5 Å². The number of carboxylic acids is 1. The highest BCUT2D eigenvalue weighted by molar-refractivity contribution is 6.31. The maximum absolute atomic E-state index is 15.1. The van der Waals surface area contributed by atoms with Gasteiger partial charge in [-0.25, -0.2) is 9.18 Å². The van der Waals surface area contributed by atoms with E-state index in [2.05, 4.69) is 16.7 Å². The number of carboxylic acid groups (broad SMARTS) is 1. The van der Waals surface area contributed by atoms with E-state index in [0.29, 0.717) is 12.8 Å². The number of halogens is 2. The fourth-order valence-corrected chi connectivity index (χ4v) is 5.05. The van der Waals surface area contributed by atoms with Gasteiger partial charge in [0.2, 0.25) is 5.91 Å². The Morgan fingerprint density at radius 2 is 2.09 bits per heavy atom. The van der Waals surface area contributed by atoms with E-state index < -0.39 is 41.5 Å². The van der Waals surface area contributed by atoms with Gasteiger partial charge in [-0.1, -0.05) is 38.4 Å². The number of nitriles is 1. The van der Waals surface area contributed by atoms with Crippen LogP contribution in [0.3, 0.4) is 0 Å². The van der Waals surface area contributed by atoms with E-state index in [1.807, 2.05) is 20.8 Å². The summed E-state index contributed by atoms with van der Waals surface area (Å²) in [7, 11) is 1.37. The lowest BCUT2D eigenvalue weighted by atomic mass is 9.73. The number of amides is 1. The van der Waals surface area contributed by atoms with Crippen LogP contribution in [-0.2, 0) is 4.79 Å². The molecule has 1 heterocycles. The molecule has 2 aliphatic rings. The summed E-state index contributed by atoms with van der Waals surface area (Å²) in [5, 5.41) is 25.3. The summed E-state index contributed by atoms with van der Waals surface area (Å²) < 4.78 is 20.4. The van der Waals surface area contributed by atoms with Crippen LogP contribution in [0.4, 0.5) is 10.1 Å². The molecule has 9 heteroatoms. The second-order valence-electron chi connectivity index (χ2n) is 9.90. The first-order valence-electron chi connectivity index (χ1n) is 11.1. The van der Waals surface area contributed by atoms with E-state index in [9.17, 15) is 20.0 Å². The Bertz CT molecular complexity index is 1070. The average molecular weight is 490 g/mol. The Labute approximate surface area is 203 Å². The zero-order valence-corrected chi connectivity index (χ0v) is 20.3. The smallest absolute Gasteiger partial charge is 0.335 e. The quantitative estimate of drug-likeness (QED) is 0.526. The molecule has 0 aromatic heterocycles. The number of aromatic carboxylic acids is 1. The van der Waals surface area contributed by atoms with Crippen LogP contribution in [0.1, 0.15) is 44.0 Å². The molecule has 0 bridgehead atoms. The molecule has 1 aliphatic heterocycles. The van der Waals surface area contributed by atoms with Crippen molar-refractivity contribution < 1.29 is 23.8 Å². The van der Waals surface area contributed by atoms with Crippen LogP contribution in [0.15, 0.2) is 41.2 Å². The van der Waals surface area contributed by atoms with Crippen LogP contribution in [0.5, 0.6) is 5.75 Å². The van der Waals surface area contributed by atoms with E-state index >= 15 is 4.39 Å². The fraction of sp³-hybridized carbons (Fsp3) is 0.480. The summed E-state index contributed by atoms with van der Waals surface area (Å²) in [6.07, 6.45) is 4.19. The Hall–Kier alpha value is -2.89. The first kappa shape index (κ1) is 25.7. The molecule has 4 unspecified atom stereocenters. The van der Waals surface area contributed by atoms with Gasteiger partial charge in [0, 0.05) is 17.9 Å². The van der Waals surface area contributed by atoms with E-state index in [-0.39, 0.29) is 33.5 Å². The van der Waals surface area contributed by atoms with Crippen LogP contribution >= 0.6 is 11.6 Å². The Morgan fingerprint density at radius 3 is 2.68 bits per heavy atom. The second-order valence-corrected chi connectivity index (χ2v) is 10.3. The molecule has 1 aliphatic carbocycles. The van der Waals surface area contributed by atoms with E-state index in [0.717, 1.165) is 0 Å². The first-order chi connectivity index (χ1) is 16.0. The van der Waals surface area contributed by atoms with Crippen LogP contribution in [-0.4, -0.2) is 36.2 Å². The average Bonchev–Trinajstić information content (AvgIpc) is 3.12. The standard InChI is InChI=1S/C25H29ClFN3O4/c1-25(2,3)11-18-15(12-28)20(14-6-5-7-16(26)21(14)27)22(29-18)23(31)30-17-9-8-13(24(32)33)10-19(17)34-4/h5,7-10,14-15,18,20,22,29H,6,11H2,1-4H3,(H,30,31)(H,32,33)/t14?,15?,18?,20?,22-/m1/s1. The van der Waals surface area contributed by atoms with Crippen molar-refractivity contribution in [1.29, 1.82) is 5.26 Å². The van der Waals surface area contributed by atoms with Crippen molar-refractivity contribution in [3.63, 3.8) is 0 Å². The molecule has 3 rings (SSSR count). The molecular formula is C25H29ClFN3O4. The normalized spacial score (nSPS) is 26.8. The molecule has 1 aromatic carbocycles. The highest BCUT2D eigenvalue weighted by Crippen LogP contribution is 2.45. The topological polar surface area (TPSA) is 111 Å². The van der Waals surface area contributed by atoms with E-state index in [4.69, 9.17) is 16.3 Å². The monoisotopic (exact) mass is 489 g/mol. The Morgan fingerprint density at radius 1 is 1.38 bits per heavy atom. The number of rotatable bonds is 6. The predicted molar refractivity (Wildman–Crippen MR) is 127 cm³/mol. The number of carbonyl (C=O) groups is 2. The van der Waals surface area contributed by atoms with Crippen LogP contribution in [0.2, 0.25) is 0 Å². The minimum absolute atomic E-state index is 0.0114. The molecule has 0 spiro atoms. The summed E-state index contributed by atoms with van der Waals surface area (Å²) >= 11 is 6.06. The Balaban J connectivity index is 1.96. The van der Waals surface area contributed by atoms with Gasteiger partial charge in [-0.05, 0) is 42.5 Å². The largest absolute Gasteiger partial charge is 0.495 e. The molecular weight excluding hydrogens is 461 g/mol. The van der Waals surface area contributed by atoms with Crippen molar-refractivity contribution in [1.82, 2.24) is 5.32 Å². The lowest BCUT2D eigenvalue weighted by molar-refractivity contribution is -0.119. The maximum Gasteiger partial charge on any atom is 0.335 e. The van der Waals surface area contributed by atoms with Gasteiger partial charge in [-0.2, -0.15) is 5.26 Å². The zero-order valence-electron chi connectivity index (χ0n) is 19.6. The number of allylic oxidation sites excluding steroid dienone is 4. The van der Waals surface area contributed by atoms with Crippen LogP contribution in [0, 0.1) is 34.5 Å². The van der Waals surface area contributed by atoms with Gasteiger partial charge in [0.1, 0.15) is 11.6 Å². The molecule has 7 nitrogen and oxygen atoms in total. The van der Waals surface area contributed by atoms with E-state index in [1.54, 1.807) is 6.08 Å². The summed E-state index contributed by atoms with van der Waals surface area (Å²) in [6, 6.07) is 5.24. The zero-order chi connectivity index (χ0) is 25.2. The molecule has 182 valence electrons. The predicted octanol–water partition coefficient (Wildman–Crippen LogP) is 4.86. The third-order valence-corrected chi connectivity index (χ3v) is 6.58.